The Balaban J connectivity index is 0.00000338. The van der Waals surface area contributed by atoms with Gasteiger partial charge in [0.15, 0.2) is 0 Å². The molecule has 0 aliphatic rings. The summed E-state index contributed by atoms with van der Waals surface area (Å²) in [7, 11) is 3.73. The third kappa shape index (κ3) is 6.17. The highest BCUT2D eigenvalue weighted by atomic mass is 35.5. The van der Waals surface area contributed by atoms with Crippen molar-refractivity contribution in [2.75, 3.05) is 20.6 Å². The summed E-state index contributed by atoms with van der Waals surface area (Å²) in [6, 6.07) is 1.49. The monoisotopic (exact) mass is 402 g/mol. The Labute approximate surface area is 152 Å². The quantitative estimate of drug-likeness (QED) is 0.712. The zero-order chi connectivity index (χ0) is 18.8. The van der Waals surface area contributed by atoms with Crippen molar-refractivity contribution in [1.29, 1.82) is 0 Å². The summed E-state index contributed by atoms with van der Waals surface area (Å²) < 4.78 is 78.3. The second kappa shape index (κ2) is 8.26. The van der Waals surface area contributed by atoms with Crippen LogP contribution in [0.2, 0.25) is 0 Å². The Morgan fingerprint density at radius 2 is 1.50 bits per heavy atom. The van der Waals surface area contributed by atoms with Crippen LogP contribution in [0.25, 0.3) is 0 Å². The molecule has 1 aromatic carbocycles. The maximum Gasteiger partial charge on any atom is 0.416 e. The van der Waals surface area contributed by atoms with E-state index in [2.05, 4.69) is 10.3 Å². The van der Waals surface area contributed by atoms with Crippen LogP contribution in [-0.2, 0) is 25.3 Å². The lowest BCUT2D eigenvalue weighted by atomic mass is 10.0. The molecule has 0 bridgehead atoms. The van der Waals surface area contributed by atoms with Crippen LogP contribution in [0.1, 0.15) is 22.4 Å². The van der Waals surface area contributed by atoms with Gasteiger partial charge in [-0.25, -0.2) is 4.68 Å². The Morgan fingerprint density at radius 3 is 1.96 bits per heavy atom. The summed E-state index contributed by atoms with van der Waals surface area (Å²) >= 11 is 0. The first-order chi connectivity index (χ1) is 11.4. The largest absolute Gasteiger partial charge is 0.416 e. The van der Waals surface area contributed by atoms with Gasteiger partial charge in [-0.2, -0.15) is 26.3 Å². The van der Waals surface area contributed by atoms with Crippen LogP contribution < -0.4 is 0 Å². The number of nitrogens with zero attached hydrogens (tertiary/aromatic N) is 4. The molecule has 0 aliphatic carbocycles. The van der Waals surface area contributed by atoms with Crippen molar-refractivity contribution in [2.24, 2.45) is 0 Å². The van der Waals surface area contributed by atoms with Gasteiger partial charge in [0.25, 0.3) is 0 Å². The minimum absolute atomic E-state index is 0. The molecule has 0 N–H and O–H groups in total. The molecular weight excluding hydrogens is 386 g/mol. The van der Waals surface area contributed by atoms with Crippen LogP contribution in [0, 0.1) is 0 Å². The number of aromatic nitrogens is 3. The lowest BCUT2D eigenvalue weighted by Crippen LogP contribution is -2.15. The summed E-state index contributed by atoms with van der Waals surface area (Å²) in [6.07, 6.45) is -7.65. The fourth-order valence-corrected chi connectivity index (χ4v) is 2.17. The third-order valence-electron chi connectivity index (χ3n) is 3.39. The molecule has 0 radical (unpaired) electrons. The summed E-state index contributed by atoms with van der Waals surface area (Å²) in [4.78, 5) is 1.92. The van der Waals surface area contributed by atoms with Crippen LogP contribution in [0.5, 0.6) is 0 Å². The number of halogens is 7. The zero-order valence-electron chi connectivity index (χ0n) is 13.9. The van der Waals surface area contributed by atoms with Gasteiger partial charge in [-0.15, -0.1) is 17.5 Å². The molecule has 0 spiro atoms. The zero-order valence-corrected chi connectivity index (χ0v) is 14.7. The van der Waals surface area contributed by atoms with Crippen LogP contribution in [0.3, 0.4) is 0 Å². The fraction of sp³-hybridized carbons (Fsp3) is 0.467. The molecule has 0 fully saturated rings. The van der Waals surface area contributed by atoms with Crippen molar-refractivity contribution >= 4 is 12.4 Å². The summed E-state index contributed by atoms with van der Waals surface area (Å²) in [5, 5.41) is 7.63. The van der Waals surface area contributed by atoms with Crippen molar-refractivity contribution in [1.82, 2.24) is 19.9 Å². The van der Waals surface area contributed by atoms with Gasteiger partial charge >= 0.3 is 12.4 Å². The van der Waals surface area contributed by atoms with E-state index in [0.29, 0.717) is 30.8 Å². The predicted molar refractivity (Wildman–Crippen MR) is 85.1 cm³/mol. The molecule has 11 heteroatoms. The first-order valence-electron chi connectivity index (χ1n) is 7.27. The highest BCUT2D eigenvalue weighted by Crippen LogP contribution is 2.36. The van der Waals surface area contributed by atoms with E-state index in [0.717, 1.165) is 0 Å². The minimum Gasteiger partial charge on any atom is -0.309 e. The Morgan fingerprint density at radius 1 is 0.962 bits per heavy atom. The smallest absolute Gasteiger partial charge is 0.309 e. The van der Waals surface area contributed by atoms with Gasteiger partial charge < -0.3 is 4.90 Å². The van der Waals surface area contributed by atoms with E-state index in [9.17, 15) is 26.3 Å². The van der Waals surface area contributed by atoms with Crippen LogP contribution in [0.15, 0.2) is 24.4 Å². The molecular formula is C15H17ClF6N4. The number of hydrogen-bond acceptors (Lipinski definition) is 3. The van der Waals surface area contributed by atoms with Gasteiger partial charge in [0.05, 0.1) is 23.4 Å². The predicted octanol–water partition coefficient (Wildman–Crippen LogP) is 3.89. The Kier molecular flexibility index (Phi) is 7.06. The fourth-order valence-electron chi connectivity index (χ4n) is 2.17. The van der Waals surface area contributed by atoms with E-state index in [1.54, 1.807) is 0 Å². The van der Waals surface area contributed by atoms with Gasteiger partial charge in [0, 0.05) is 19.2 Å². The Hall–Kier alpha value is -1.81. The van der Waals surface area contributed by atoms with Gasteiger partial charge in [-0.3, -0.25) is 0 Å². The lowest BCUT2D eigenvalue weighted by molar-refractivity contribution is -0.143. The molecule has 1 aromatic heterocycles. The first-order valence-corrected chi connectivity index (χ1v) is 7.27. The van der Waals surface area contributed by atoms with Crippen LogP contribution in [-0.4, -0.2) is 40.5 Å². The van der Waals surface area contributed by atoms with Gasteiger partial charge in [-0.05, 0) is 37.9 Å². The van der Waals surface area contributed by atoms with E-state index in [1.807, 2.05) is 19.0 Å². The summed E-state index contributed by atoms with van der Waals surface area (Å²) in [5.41, 5.74) is -2.22. The summed E-state index contributed by atoms with van der Waals surface area (Å²) in [6.45, 7) is 0.461. The molecule has 0 saturated heterocycles. The van der Waals surface area contributed by atoms with Crippen LogP contribution >= 0.6 is 12.4 Å². The van der Waals surface area contributed by atoms with Crippen molar-refractivity contribution in [2.45, 2.75) is 25.3 Å². The van der Waals surface area contributed by atoms with Crippen molar-refractivity contribution in [3.05, 3.63) is 46.8 Å². The van der Waals surface area contributed by atoms with E-state index in [4.69, 9.17) is 0 Å². The molecule has 2 rings (SSSR count). The standard InChI is InChI=1S/C15H16F6N4.ClH/c1-24(2)4-3-13-9-25(23-22-13)8-10-5-11(14(16,17)18)7-12(6-10)15(19,20)21;/h5-7,9H,3-4,8H2,1-2H3;1H. The molecule has 0 atom stereocenters. The van der Waals surface area contributed by atoms with E-state index in [1.165, 1.54) is 10.9 Å². The molecule has 0 saturated carbocycles. The average molecular weight is 403 g/mol. The summed E-state index contributed by atoms with van der Waals surface area (Å²) in [5.74, 6) is 0. The minimum atomic E-state index is -4.87. The van der Waals surface area contributed by atoms with Gasteiger partial charge in [-0.1, -0.05) is 5.21 Å². The van der Waals surface area contributed by atoms with Crippen molar-refractivity contribution in [3.63, 3.8) is 0 Å². The molecule has 0 unspecified atom stereocenters. The maximum absolute atomic E-state index is 12.8. The van der Waals surface area contributed by atoms with Gasteiger partial charge in [0.2, 0.25) is 0 Å². The molecule has 0 amide bonds. The second-order valence-electron chi connectivity index (χ2n) is 5.87. The molecule has 1 heterocycles. The molecule has 4 nitrogen and oxygen atoms in total. The number of hydrogen-bond donors (Lipinski definition) is 0. The molecule has 0 aliphatic heterocycles. The van der Waals surface area contributed by atoms with E-state index < -0.39 is 23.5 Å². The molecule has 2 aromatic rings. The normalized spacial score (nSPS) is 12.3. The van der Waals surface area contributed by atoms with E-state index in [-0.39, 0.29) is 30.6 Å². The topological polar surface area (TPSA) is 34.0 Å². The average Bonchev–Trinajstić information content (AvgIpc) is 2.90. The lowest BCUT2D eigenvalue weighted by Gasteiger charge is -2.14. The number of likely N-dealkylation sites (N-methyl/N-ethyl adjacent to an activating group) is 1. The molecule has 146 valence electrons. The number of rotatable bonds is 5. The van der Waals surface area contributed by atoms with Crippen LogP contribution in [0.4, 0.5) is 26.3 Å². The van der Waals surface area contributed by atoms with Crippen molar-refractivity contribution < 1.29 is 26.3 Å². The number of alkyl halides is 6. The Bertz CT molecular complexity index is 691. The number of benzene rings is 1. The van der Waals surface area contributed by atoms with Gasteiger partial charge in [0.1, 0.15) is 0 Å². The SMILES string of the molecule is CN(C)CCc1cn(Cc2cc(C(F)(F)F)cc(C(F)(F)F)c2)nn1.Cl. The highest BCUT2D eigenvalue weighted by molar-refractivity contribution is 5.85. The first kappa shape index (κ1) is 22.2. The highest BCUT2D eigenvalue weighted by Gasteiger charge is 2.36. The maximum atomic E-state index is 12.8. The molecule has 26 heavy (non-hydrogen) atoms. The third-order valence-corrected chi connectivity index (χ3v) is 3.39. The van der Waals surface area contributed by atoms with Crippen molar-refractivity contribution in [3.8, 4) is 0 Å². The van der Waals surface area contributed by atoms with E-state index >= 15 is 0 Å². The second-order valence-corrected chi connectivity index (χ2v) is 5.87.